The second kappa shape index (κ2) is 7.19. The second-order valence-electron chi connectivity index (χ2n) is 4.41. The van der Waals surface area contributed by atoms with Crippen molar-refractivity contribution in [1.29, 1.82) is 0 Å². The summed E-state index contributed by atoms with van der Waals surface area (Å²) in [5.41, 5.74) is 0. The molecule has 0 saturated carbocycles. The van der Waals surface area contributed by atoms with E-state index < -0.39 is 18.0 Å². The van der Waals surface area contributed by atoms with Crippen molar-refractivity contribution in [1.82, 2.24) is 15.6 Å². The fraction of sp³-hybridized carbons (Fsp3) is 0.308. The van der Waals surface area contributed by atoms with Gasteiger partial charge in [0.05, 0.1) is 5.01 Å². The summed E-state index contributed by atoms with van der Waals surface area (Å²) >= 11 is 2.82. The standard InChI is InChI=1S/C13H15N3O3S2/c1-8(11-14-4-6-21-11)7-15-13(19)16-10(12(17)18)9-3-2-5-20-9/h2-6,8,10H,7H2,1H3,(H,17,18)(H2,15,16,19). The maximum Gasteiger partial charge on any atom is 0.331 e. The van der Waals surface area contributed by atoms with Gasteiger partial charge in [0.2, 0.25) is 0 Å². The van der Waals surface area contributed by atoms with Crippen LogP contribution in [0.3, 0.4) is 0 Å². The summed E-state index contributed by atoms with van der Waals surface area (Å²) in [5.74, 6) is -0.999. The van der Waals surface area contributed by atoms with Crippen LogP contribution in [0.1, 0.15) is 28.8 Å². The number of rotatable bonds is 6. The van der Waals surface area contributed by atoms with Crippen molar-refractivity contribution in [3.8, 4) is 0 Å². The number of amides is 2. The highest BCUT2D eigenvalue weighted by Crippen LogP contribution is 2.19. The van der Waals surface area contributed by atoms with Crippen LogP contribution in [-0.2, 0) is 4.79 Å². The molecule has 0 fully saturated rings. The Hall–Kier alpha value is -1.93. The van der Waals surface area contributed by atoms with Crippen molar-refractivity contribution in [2.45, 2.75) is 18.9 Å². The first kappa shape index (κ1) is 15.5. The van der Waals surface area contributed by atoms with Crippen LogP contribution in [0.2, 0.25) is 0 Å². The van der Waals surface area contributed by atoms with Gasteiger partial charge in [0, 0.05) is 28.9 Å². The van der Waals surface area contributed by atoms with Crippen molar-refractivity contribution in [3.05, 3.63) is 39.0 Å². The van der Waals surface area contributed by atoms with Crippen LogP contribution >= 0.6 is 22.7 Å². The molecule has 3 N–H and O–H groups in total. The molecule has 0 spiro atoms. The van der Waals surface area contributed by atoms with Gasteiger partial charge in [-0.1, -0.05) is 13.0 Å². The molecule has 0 bridgehead atoms. The van der Waals surface area contributed by atoms with E-state index in [1.54, 1.807) is 23.7 Å². The number of nitrogens with zero attached hydrogens (tertiary/aromatic N) is 1. The summed E-state index contributed by atoms with van der Waals surface area (Å²) in [5, 5.41) is 18.9. The van der Waals surface area contributed by atoms with Crippen LogP contribution in [0.15, 0.2) is 29.1 Å². The molecule has 2 heterocycles. The topological polar surface area (TPSA) is 91.3 Å². The van der Waals surface area contributed by atoms with E-state index in [9.17, 15) is 14.7 Å². The van der Waals surface area contributed by atoms with E-state index in [1.165, 1.54) is 22.7 Å². The van der Waals surface area contributed by atoms with E-state index in [2.05, 4.69) is 15.6 Å². The van der Waals surface area contributed by atoms with Crippen LogP contribution in [0.25, 0.3) is 0 Å². The minimum atomic E-state index is -1.08. The summed E-state index contributed by atoms with van der Waals surface area (Å²) in [6.45, 7) is 2.35. The lowest BCUT2D eigenvalue weighted by Gasteiger charge is -2.15. The highest BCUT2D eigenvalue weighted by Gasteiger charge is 2.23. The average Bonchev–Trinajstić information content (AvgIpc) is 3.13. The Morgan fingerprint density at radius 2 is 2.19 bits per heavy atom. The van der Waals surface area contributed by atoms with Gasteiger partial charge in [0.25, 0.3) is 0 Å². The summed E-state index contributed by atoms with van der Waals surface area (Å²) in [7, 11) is 0. The molecule has 2 rings (SSSR count). The smallest absolute Gasteiger partial charge is 0.331 e. The molecule has 0 radical (unpaired) electrons. The van der Waals surface area contributed by atoms with Crippen molar-refractivity contribution in [3.63, 3.8) is 0 Å². The molecule has 112 valence electrons. The molecule has 2 amide bonds. The van der Waals surface area contributed by atoms with E-state index in [0.29, 0.717) is 11.4 Å². The first-order valence-corrected chi connectivity index (χ1v) is 8.04. The van der Waals surface area contributed by atoms with E-state index >= 15 is 0 Å². The lowest BCUT2D eigenvalue weighted by Crippen LogP contribution is -2.41. The van der Waals surface area contributed by atoms with Gasteiger partial charge < -0.3 is 15.7 Å². The van der Waals surface area contributed by atoms with Crippen LogP contribution in [0.5, 0.6) is 0 Å². The molecule has 0 aliphatic heterocycles. The van der Waals surface area contributed by atoms with Gasteiger partial charge >= 0.3 is 12.0 Å². The predicted molar refractivity (Wildman–Crippen MR) is 81.8 cm³/mol. The summed E-state index contributed by atoms with van der Waals surface area (Å²) in [6.07, 6.45) is 1.72. The molecular weight excluding hydrogens is 310 g/mol. The van der Waals surface area contributed by atoms with E-state index in [0.717, 1.165) is 5.01 Å². The lowest BCUT2D eigenvalue weighted by atomic mass is 10.2. The zero-order valence-electron chi connectivity index (χ0n) is 11.3. The van der Waals surface area contributed by atoms with Crippen molar-refractivity contribution >= 4 is 34.7 Å². The molecule has 2 atom stereocenters. The highest BCUT2D eigenvalue weighted by atomic mass is 32.1. The number of carbonyl (C=O) groups is 2. The normalized spacial score (nSPS) is 13.4. The summed E-state index contributed by atoms with van der Waals surface area (Å²) in [6, 6.07) is 1.90. The molecule has 0 saturated heterocycles. The molecule has 6 nitrogen and oxygen atoms in total. The number of carboxylic acid groups (broad SMARTS) is 1. The Balaban J connectivity index is 1.87. The van der Waals surface area contributed by atoms with Crippen LogP contribution in [-0.4, -0.2) is 28.6 Å². The minimum Gasteiger partial charge on any atom is -0.479 e. The summed E-state index contributed by atoms with van der Waals surface area (Å²) < 4.78 is 0. The molecule has 0 aliphatic rings. The largest absolute Gasteiger partial charge is 0.479 e. The maximum atomic E-state index is 11.8. The monoisotopic (exact) mass is 325 g/mol. The molecule has 2 aromatic rings. The first-order chi connectivity index (χ1) is 10.1. The third-order valence-electron chi connectivity index (χ3n) is 2.79. The first-order valence-electron chi connectivity index (χ1n) is 6.28. The number of aliphatic carboxylic acids is 1. The molecule has 21 heavy (non-hydrogen) atoms. The van der Waals surface area contributed by atoms with Gasteiger partial charge in [-0.3, -0.25) is 0 Å². The number of hydrogen-bond acceptors (Lipinski definition) is 5. The zero-order valence-corrected chi connectivity index (χ0v) is 12.9. The van der Waals surface area contributed by atoms with Crippen LogP contribution in [0.4, 0.5) is 4.79 Å². The zero-order chi connectivity index (χ0) is 15.2. The Kier molecular flexibility index (Phi) is 5.29. The molecule has 8 heteroatoms. The van der Waals surface area contributed by atoms with Gasteiger partial charge in [0.1, 0.15) is 0 Å². The van der Waals surface area contributed by atoms with E-state index in [1.807, 2.05) is 12.3 Å². The molecule has 2 unspecified atom stereocenters. The average molecular weight is 325 g/mol. The van der Waals surface area contributed by atoms with Gasteiger partial charge in [-0.25, -0.2) is 14.6 Å². The van der Waals surface area contributed by atoms with Gasteiger partial charge in [-0.2, -0.15) is 0 Å². The van der Waals surface area contributed by atoms with Crippen molar-refractivity contribution < 1.29 is 14.7 Å². The van der Waals surface area contributed by atoms with Gasteiger partial charge in [0.15, 0.2) is 6.04 Å². The number of thiazole rings is 1. The Morgan fingerprint density at radius 1 is 1.38 bits per heavy atom. The Bertz CT molecular complexity index is 584. The van der Waals surface area contributed by atoms with Gasteiger partial charge in [-0.15, -0.1) is 22.7 Å². The number of carboxylic acids is 1. The number of thiophene rings is 1. The Morgan fingerprint density at radius 3 is 2.76 bits per heavy atom. The fourth-order valence-electron chi connectivity index (χ4n) is 1.70. The van der Waals surface area contributed by atoms with Gasteiger partial charge in [-0.05, 0) is 11.4 Å². The SMILES string of the molecule is CC(CNC(=O)NC(C(=O)O)c1cccs1)c1nccs1. The van der Waals surface area contributed by atoms with E-state index in [-0.39, 0.29) is 5.92 Å². The number of urea groups is 1. The summed E-state index contributed by atoms with van der Waals surface area (Å²) in [4.78, 5) is 27.8. The maximum absolute atomic E-state index is 11.8. The molecular formula is C13H15N3O3S2. The molecule has 0 aromatic carbocycles. The third kappa shape index (κ3) is 4.27. The third-order valence-corrected chi connectivity index (χ3v) is 4.74. The lowest BCUT2D eigenvalue weighted by molar-refractivity contribution is -0.139. The van der Waals surface area contributed by atoms with Crippen molar-refractivity contribution in [2.75, 3.05) is 6.54 Å². The number of aromatic nitrogens is 1. The number of carbonyl (C=O) groups excluding carboxylic acids is 1. The predicted octanol–water partition coefficient (Wildman–Crippen LogP) is 2.43. The number of nitrogens with one attached hydrogen (secondary N) is 2. The Labute approximate surface area is 129 Å². The minimum absolute atomic E-state index is 0.0840. The number of hydrogen-bond donors (Lipinski definition) is 3. The second-order valence-corrected chi connectivity index (χ2v) is 6.32. The van der Waals surface area contributed by atoms with Crippen LogP contribution < -0.4 is 10.6 Å². The fourth-order valence-corrected chi connectivity index (χ4v) is 3.17. The molecule has 0 aliphatic carbocycles. The quantitative estimate of drug-likeness (QED) is 0.760. The van der Waals surface area contributed by atoms with E-state index in [4.69, 9.17) is 0 Å². The molecule has 2 aromatic heterocycles. The highest BCUT2D eigenvalue weighted by molar-refractivity contribution is 7.10. The van der Waals surface area contributed by atoms with Crippen molar-refractivity contribution in [2.24, 2.45) is 0 Å². The van der Waals surface area contributed by atoms with Crippen LogP contribution in [0, 0.1) is 0 Å².